The summed E-state index contributed by atoms with van der Waals surface area (Å²) in [4.78, 5) is 0.860. The van der Waals surface area contributed by atoms with Crippen LogP contribution in [0.5, 0.6) is 0 Å². The molecule has 0 saturated carbocycles. The minimum absolute atomic E-state index is 0.492. The summed E-state index contributed by atoms with van der Waals surface area (Å²) in [6.07, 6.45) is 1.02. The van der Waals surface area contributed by atoms with Gasteiger partial charge < -0.3 is 5.11 Å². The van der Waals surface area contributed by atoms with Crippen LogP contribution in [-0.2, 0) is 0 Å². The van der Waals surface area contributed by atoms with Gasteiger partial charge in [-0.2, -0.15) is 0 Å². The van der Waals surface area contributed by atoms with Gasteiger partial charge in [-0.05, 0) is 30.7 Å². The smallest absolute Gasteiger partial charge is 0.0933 e. The maximum Gasteiger partial charge on any atom is 0.0933 e. The molecule has 0 aromatic carbocycles. The molecule has 1 aromatic heterocycles. The fourth-order valence-electron chi connectivity index (χ4n) is 1.18. The number of hydrogen-bond donors (Lipinski definition) is 1. The van der Waals surface area contributed by atoms with Crippen molar-refractivity contribution in [3.8, 4) is 0 Å². The number of hydrogen-bond acceptors (Lipinski definition) is 2. The van der Waals surface area contributed by atoms with Gasteiger partial charge in [-0.1, -0.05) is 30.7 Å². The van der Waals surface area contributed by atoms with Crippen LogP contribution in [0.3, 0.4) is 0 Å². The predicted octanol–water partition coefficient (Wildman–Crippen LogP) is 4.10. The Kier molecular flexibility index (Phi) is 4.17. The van der Waals surface area contributed by atoms with Crippen molar-refractivity contribution in [3.05, 3.63) is 33.0 Å². The van der Waals surface area contributed by atoms with Crippen molar-refractivity contribution in [3.63, 3.8) is 0 Å². The Morgan fingerprint density at radius 2 is 2.36 bits per heavy atom. The van der Waals surface area contributed by atoms with Crippen LogP contribution in [0.1, 0.15) is 36.3 Å². The second kappa shape index (κ2) is 4.96. The molecule has 1 N–H and O–H groups in total. The van der Waals surface area contributed by atoms with Gasteiger partial charge in [0.1, 0.15) is 0 Å². The molecule has 0 spiro atoms. The largest absolute Gasteiger partial charge is 0.387 e. The number of thiophene rings is 1. The molecule has 0 aliphatic carbocycles. The van der Waals surface area contributed by atoms with Crippen LogP contribution in [0, 0.1) is 6.92 Å². The summed E-state index contributed by atoms with van der Waals surface area (Å²) in [5.41, 5.74) is 2.09. The third kappa shape index (κ3) is 2.59. The highest BCUT2D eigenvalue weighted by Gasteiger charge is 2.15. The molecular weight excluding hydrogens is 216 g/mol. The number of halogens is 1. The minimum Gasteiger partial charge on any atom is -0.387 e. The first kappa shape index (κ1) is 11.8. The third-order valence-electron chi connectivity index (χ3n) is 2.21. The van der Waals surface area contributed by atoms with Crippen molar-refractivity contribution in [1.29, 1.82) is 0 Å². The van der Waals surface area contributed by atoms with E-state index in [4.69, 9.17) is 11.6 Å². The standard InChI is InChI=1S/C11H15ClOS/c1-4-7(2)5-9(13)11-10(12)8(3)6-14-11/h6,9,13H,2,4-5H2,1,3H3. The van der Waals surface area contributed by atoms with E-state index in [0.29, 0.717) is 11.4 Å². The molecule has 0 fully saturated rings. The van der Waals surface area contributed by atoms with Gasteiger partial charge in [-0.25, -0.2) is 0 Å². The van der Waals surface area contributed by atoms with E-state index in [1.165, 1.54) is 11.3 Å². The van der Waals surface area contributed by atoms with Crippen molar-refractivity contribution in [2.45, 2.75) is 32.8 Å². The molecule has 1 heterocycles. The van der Waals surface area contributed by atoms with E-state index in [2.05, 4.69) is 6.58 Å². The van der Waals surface area contributed by atoms with Gasteiger partial charge in [0.15, 0.2) is 0 Å². The molecule has 1 rings (SSSR count). The van der Waals surface area contributed by atoms with Gasteiger partial charge in [-0.3, -0.25) is 0 Å². The molecule has 1 unspecified atom stereocenters. The first-order chi connectivity index (χ1) is 6.56. The molecule has 1 aromatic rings. The molecule has 0 aliphatic rings. The predicted molar refractivity (Wildman–Crippen MR) is 63.1 cm³/mol. The van der Waals surface area contributed by atoms with Crippen LogP contribution >= 0.6 is 22.9 Å². The Labute approximate surface area is 94.0 Å². The Bertz CT molecular complexity index is 330. The van der Waals surface area contributed by atoms with E-state index in [1.54, 1.807) is 0 Å². The van der Waals surface area contributed by atoms with Crippen LogP contribution in [0.15, 0.2) is 17.5 Å². The fourth-order valence-corrected chi connectivity index (χ4v) is 2.49. The van der Waals surface area contributed by atoms with Crippen LogP contribution in [0.25, 0.3) is 0 Å². The van der Waals surface area contributed by atoms with Crippen LogP contribution in [0.4, 0.5) is 0 Å². The van der Waals surface area contributed by atoms with E-state index >= 15 is 0 Å². The first-order valence-corrected chi connectivity index (χ1v) is 5.90. The summed E-state index contributed by atoms with van der Waals surface area (Å²) in [7, 11) is 0. The summed E-state index contributed by atoms with van der Waals surface area (Å²) >= 11 is 7.56. The number of aryl methyl sites for hydroxylation is 1. The van der Waals surface area contributed by atoms with Crippen molar-refractivity contribution in [2.24, 2.45) is 0 Å². The highest BCUT2D eigenvalue weighted by molar-refractivity contribution is 7.10. The van der Waals surface area contributed by atoms with Gasteiger partial charge in [0, 0.05) is 0 Å². The molecule has 0 radical (unpaired) electrons. The highest BCUT2D eigenvalue weighted by atomic mass is 35.5. The van der Waals surface area contributed by atoms with Gasteiger partial charge in [-0.15, -0.1) is 11.3 Å². The summed E-state index contributed by atoms with van der Waals surface area (Å²) < 4.78 is 0. The summed E-state index contributed by atoms with van der Waals surface area (Å²) in [6.45, 7) is 7.86. The second-order valence-electron chi connectivity index (χ2n) is 3.42. The Morgan fingerprint density at radius 1 is 1.71 bits per heavy atom. The average Bonchev–Trinajstić information content (AvgIpc) is 2.47. The Balaban J connectivity index is 2.74. The Hall–Kier alpha value is -0.310. The van der Waals surface area contributed by atoms with Gasteiger partial charge in [0.25, 0.3) is 0 Å². The quantitative estimate of drug-likeness (QED) is 0.773. The van der Waals surface area contributed by atoms with Crippen LogP contribution in [0.2, 0.25) is 5.02 Å². The SMILES string of the molecule is C=C(CC)CC(O)c1scc(C)c1Cl. The second-order valence-corrected chi connectivity index (χ2v) is 4.71. The summed E-state index contributed by atoms with van der Waals surface area (Å²) in [6, 6.07) is 0. The van der Waals surface area contributed by atoms with E-state index in [-0.39, 0.29) is 0 Å². The zero-order valence-electron chi connectivity index (χ0n) is 8.51. The molecule has 14 heavy (non-hydrogen) atoms. The molecule has 0 amide bonds. The van der Waals surface area contributed by atoms with Crippen molar-refractivity contribution < 1.29 is 5.11 Å². The highest BCUT2D eigenvalue weighted by Crippen LogP contribution is 2.35. The van der Waals surface area contributed by atoms with Crippen molar-refractivity contribution >= 4 is 22.9 Å². The Morgan fingerprint density at radius 3 is 2.79 bits per heavy atom. The molecule has 1 atom stereocenters. The molecule has 0 saturated heterocycles. The zero-order chi connectivity index (χ0) is 10.7. The fraction of sp³-hybridized carbons (Fsp3) is 0.455. The van der Waals surface area contributed by atoms with Crippen LogP contribution in [-0.4, -0.2) is 5.11 Å². The number of aliphatic hydroxyl groups excluding tert-OH is 1. The van der Waals surface area contributed by atoms with Gasteiger partial charge >= 0.3 is 0 Å². The topological polar surface area (TPSA) is 20.2 Å². The van der Waals surface area contributed by atoms with Crippen LogP contribution < -0.4 is 0 Å². The molecule has 1 nitrogen and oxygen atoms in total. The molecule has 0 bridgehead atoms. The van der Waals surface area contributed by atoms with Gasteiger partial charge in [0.2, 0.25) is 0 Å². The summed E-state index contributed by atoms with van der Waals surface area (Å²) in [5.74, 6) is 0. The lowest BCUT2D eigenvalue weighted by Crippen LogP contribution is -1.96. The summed E-state index contributed by atoms with van der Waals surface area (Å²) in [5, 5.41) is 12.5. The third-order valence-corrected chi connectivity index (χ3v) is 4.03. The van der Waals surface area contributed by atoms with E-state index in [1.807, 2.05) is 19.2 Å². The monoisotopic (exact) mass is 230 g/mol. The number of rotatable bonds is 4. The van der Waals surface area contributed by atoms with Gasteiger partial charge in [0.05, 0.1) is 16.0 Å². The van der Waals surface area contributed by atoms with E-state index < -0.39 is 6.10 Å². The molecular formula is C11H15ClOS. The van der Waals surface area contributed by atoms with Crippen molar-refractivity contribution in [1.82, 2.24) is 0 Å². The lowest BCUT2D eigenvalue weighted by atomic mass is 10.1. The minimum atomic E-state index is -0.492. The lowest BCUT2D eigenvalue weighted by Gasteiger charge is -2.10. The maximum absolute atomic E-state index is 9.88. The molecule has 0 aliphatic heterocycles. The molecule has 78 valence electrons. The van der Waals surface area contributed by atoms with Crippen molar-refractivity contribution in [2.75, 3.05) is 0 Å². The van der Waals surface area contributed by atoms with E-state index in [9.17, 15) is 5.11 Å². The number of aliphatic hydroxyl groups is 1. The maximum atomic E-state index is 9.88. The molecule has 3 heteroatoms. The first-order valence-electron chi connectivity index (χ1n) is 4.64. The average molecular weight is 231 g/mol. The zero-order valence-corrected chi connectivity index (χ0v) is 10.1. The lowest BCUT2D eigenvalue weighted by molar-refractivity contribution is 0.181. The normalized spacial score (nSPS) is 12.9. The van der Waals surface area contributed by atoms with E-state index in [0.717, 1.165) is 22.4 Å².